The van der Waals surface area contributed by atoms with Crippen LogP contribution in [0, 0.1) is 13.8 Å². The Labute approximate surface area is 132 Å². The Kier molecular flexibility index (Phi) is 5.94. The summed E-state index contributed by atoms with van der Waals surface area (Å²) in [6, 6.07) is 6.16. The lowest BCUT2D eigenvalue weighted by Crippen LogP contribution is -2.48. The zero-order valence-corrected chi connectivity index (χ0v) is 13.6. The number of nitrogens with zero attached hydrogens (tertiary/aromatic N) is 1. The van der Waals surface area contributed by atoms with Crippen molar-refractivity contribution >= 4 is 5.91 Å². The number of hydrogen-bond acceptors (Lipinski definition) is 4. The highest BCUT2D eigenvalue weighted by Crippen LogP contribution is 2.21. The number of nitrogens with one attached hydrogen (secondary N) is 1. The molecule has 1 amide bonds. The standard InChI is InChI=1S/C17H26N2O3/c1-12-4-5-13(2)16(8-12)17(21)11-19-6-7-22-15(10-19)9-18-14(3)20/h4-5,8,15,17,21H,6-7,9-11H2,1-3H3,(H,18,20)/t15-,17+/m1/s1. The Balaban J connectivity index is 1.91. The third-order valence-corrected chi connectivity index (χ3v) is 4.03. The molecular weight excluding hydrogens is 280 g/mol. The molecule has 0 unspecified atom stereocenters. The van der Waals surface area contributed by atoms with Crippen LogP contribution in [0.4, 0.5) is 0 Å². The van der Waals surface area contributed by atoms with Gasteiger partial charge in [0.25, 0.3) is 0 Å². The summed E-state index contributed by atoms with van der Waals surface area (Å²) in [6.45, 7) is 8.83. The fourth-order valence-electron chi connectivity index (χ4n) is 2.79. The summed E-state index contributed by atoms with van der Waals surface area (Å²) < 4.78 is 5.65. The summed E-state index contributed by atoms with van der Waals surface area (Å²) in [6.07, 6.45) is -0.511. The molecular formula is C17H26N2O3. The number of aliphatic hydroxyl groups is 1. The normalized spacial score (nSPS) is 20.6. The van der Waals surface area contributed by atoms with Crippen LogP contribution >= 0.6 is 0 Å². The molecule has 0 radical (unpaired) electrons. The van der Waals surface area contributed by atoms with Gasteiger partial charge in [0.05, 0.1) is 18.8 Å². The largest absolute Gasteiger partial charge is 0.387 e. The van der Waals surface area contributed by atoms with Crippen LogP contribution in [-0.2, 0) is 9.53 Å². The van der Waals surface area contributed by atoms with Crippen molar-refractivity contribution in [3.8, 4) is 0 Å². The molecule has 0 saturated carbocycles. The minimum absolute atomic E-state index is 0.0107. The first-order valence-corrected chi connectivity index (χ1v) is 7.79. The van der Waals surface area contributed by atoms with Crippen molar-refractivity contribution in [1.82, 2.24) is 10.2 Å². The smallest absolute Gasteiger partial charge is 0.216 e. The number of aryl methyl sites for hydroxylation is 2. The average Bonchev–Trinajstić information content (AvgIpc) is 2.48. The summed E-state index contributed by atoms with van der Waals surface area (Å²) >= 11 is 0. The zero-order valence-electron chi connectivity index (χ0n) is 13.6. The van der Waals surface area contributed by atoms with Gasteiger partial charge in [0.15, 0.2) is 0 Å². The van der Waals surface area contributed by atoms with Gasteiger partial charge in [-0.1, -0.05) is 23.8 Å². The summed E-state index contributed by atoms with van der Waals surface area (Å²) in [5, 5.41) is 13.3. The molecule has 1 aliphatic heterocycles. The average molecular weight is 306 g/mol. The van der Waals surface area contributed by atoms with E-state index in [0.717, 1.165) is 29.8 Å². The van der Waals surface area contributed by atoms with Crippen molar-refractivity contribution < 1.29 is 14.6 Å². The van der Waals surface area contributed by atoms with Gasteiger partial charge in [-0.05, 0) is 25.0 Å². The molecule has 5 heteroatoms. The first kappa shape index (κ1) is 16.9. The highest BCUT2D eigenvalue weighted by atomic mass is 16.5. The number of amides is 1. The lowest BCUT2D eigenvalue weighted by atomic mass is 10.0. The van der Waals surface area contributed by atoms with Gasteiger partial charge in [-0.25, -0.2) is 0 Å². The number of rotatable bonds is 5. The van der Waals surface area contributed by atoms with E-state index in [1.54, 1.807) is 0 Å². The summed E-state index contributed by atoms with van der Waals surface area (Å²) in [5.74, 6) is -0.0452. The van der Waals surface area contributed by atoms with Gasteiger partial charge >= 0.3 is 0 Å². The van der Waals surface area contributed by atoms with E-state index in [4.69, 9.17) is 4.74 Å². The maximum Gasteiger partial charge on any atom is 0.216 e. The van der Waals surface area contributed by atoms with Crippen LogP contribution in [0.1, 0.15) is 29.7 Å². The summed E-state index contributed by atoms with van der Waals surface area (Å²) in [7, 11) is 0. The van der Waals surface area contributed by atoms with E-state index in [0.29, 0.717) is 19.7 Å². The topological polar surface area (TPSA) is 61.8 Å². The molecule has 1 aliphatic rings. The van der Waals surface area contributed by atoms with Crippen LogP contribution in [0.15, 0.2) is 18.2 Å². The highest BCUT2D eigenvalue weighted by Gasteiger charge is 2.23. The molecule has 2 rings (SSSR count). The quantitative estimate of drug-likeness (QED) is 0.857. The minimum atomic E-state index is -0.501. The lowest BCUT2D eigenvalue weighted by molar-refractivity contribution is -0.120. The van der Waals surface area contributed by atoms with E-state index in [-0.39, 0.29) is 12.0 Å². The second kappa shape index (κ2) is 7.72. The van der Waals surface area contributed by atoms with Crippen molar-refractivity contribution in [3.05, 3.63) is 34.9 Å². The number of carbonyl (C=O) groups is 1. The van der Waals surface area contributed by atoms with E-state index in [9.17, 15) is 9.90 Å². The van der Waals surface area contributed by atoms with Gasteiger partial charge in [0.1, 0.15) is 0 Å². The third-order valence-electron chi connectivity index (χ3n) is 4.03. The molecule has 1 saturated heterocycles. The van der Waals surface area contributed by atoms with Crippen molar-refractivity contribution in [2.75, 3.05) is 32.8 Å². The molecule has 122 valence electrons. The van der Waals surface area contributed by atoms with Crippen molar-refractivity contribution in [2.24, 2.45) is 0 Å². The van der Waals surface area contributed by atoms with Crippen LogP contribution in [0.25, 0.3) is 0 Å². The first-order valence-electron chi connectivity index (χ1n) is 7.79. The number of hydrogen-bond donors (Lipinski definition) is 2. The van der Waals surface area contributed by atoms with E-state index >= 15 is 0 Å². The molecule has 1 fully saturated rings. The van der Waals surface area contributed by atoms with Gasteiger partial charge in [-0.2, -0.15) is 0 Å². The SMILES string of the molecule is CC(=O)NC[C@@H]1CN(C[C@H](O)c2cc(C)ccc2C)CCO1. The number of carbonyl (C=O) groups excluding carboxylic acids is 1. The summed E-state index contributed by atoms with van der Waals surface area (Å²) in [4.78, 5) is 13.2. The highest BCUT2D eigenvalue weighted by molar-refractivity contribution is 5.72. The van der Waals surface area contributed by atoms with E-state index in [1.807, 2.05) is 19.9 Å². The molecule has 1 heterocycles. The minimum Gasteiger partial charge on any atom is -0.387 e. The van der Waals surface area contributed by atoms with E-state index in [1.165, 1.54) is 6.92 Å². The molecule has 0 aromatic heterocycles. The number of ether oxygens (including phenoxy) is 1. The molecule has 22 heavy (non-hydrogen) atoms. The molecule has 0 aliphatic carbocycles. The Morgan fingerprint density at radius 1 is 1.50 bits per heavy atom. The molecule has 5 nitrogen and oxygen atoms in total. The Morgan fingerprint density at radius 3 is 3.00 bits per heavy atom. The van der Waals surface area contributed by atoms with E-state index < -0.39 is 6.10 Å². The molecule has 1 aromatic rings. The zero-order chi connectivity index (χ0) is 16.1. The maximum atomic E-state index is 11.0. The molecule has 2 N–H and O–H groups in total. The van der Waals surface area contributed by atoms with Crippen LogP contribution in [0.5, 0.6) is 0 Å². The number of morpholine rings is 1. The second-order valence-electron chi connectivity index (χ2n) is 6.07. The fraction of sp³-hybridized carbons (Fsp3) is 0.588. The van der Waals surface area contributed by atoms with Gasteiger partial charge in [0.2, 0.25) is 5.91 Å². The molecule has 2 atom stereocenters. The predicted molar refractivity (Wildman–Crippen MR) is 85.7 cm³/mol. The van der Waals surface area contributed by atoms with Crippen LogP contribution in [0.2, 0.25) is 0 Å². The maximum absolute atomic E-state index is 11.0. The second-order valence-corrected chi connectivity index (χ2v) is 6.07. The van der Waals surface area contributed by atoms with Gasteiger partial charge in [0, 0.05) is 33.1 Å². The number of benzene rings is 1. The Hall–Kier alpha value is -1.43. The van der Waals surface area contributed by atoms with Gasteiger partial charge < -0.3 is 15.2 Å². The van der Waals surface area contributed by atoms with Crippen LogP contribution in [-0.4, -0.2) is 54.8 Å². The molecule has 1 aromatic carbocycles. The fourth-order valence-corrected chi connectivity index (χ4v) is 2.79. The first-order chi connectivity index (χ1) is 10.5. The van der Waals surface area contributed by atoms with Crippen molar-refractivity contribution in [3.63, 3.8) is 0 Å². The Bertz CT molecular complexity index is 519. The summed E-state index contributed by atoms with van der Waals surface area (Å²) in [5.41, 5.74) is 3.26. The molecule has 0 spiro atoms. The Morgan fingerprint density at radius 2 is 2.27 bits per heavy atom. The van der Waals surface area contributed by atoms with Gasteiger partial charge in [-0.15, -0.1) is 0 Å². The van der Waals surface area contributed by atoms with Gasteiger partial charge in [-0.3, -0.25) is 9.69 Å². The monoisotopic (exact) mass is 306 g/mol. The molecule has 0 bridgehead atoms. The van der Waals surface area contributed by atoms with Crippen molar-refractivity contribution in [1.29, 1.82) is 0 Å². The van der Waals surface area contributed by atoms with Crippen molar-refractivity contribution in [2.45, 2.75) is 33.0 Å². The predicted octanol–water partition coefficient (Wildman–Crippen LogP) is 1.17. The number of aliphatic hydroxyl groups excluding tert-OH is 1. The lowest BCUT2D eigenvalue weighted by Gasteiger charge is -2.34. The van der Waals surface area contributed by atoms with Crippen LogP contribution < -0.4 is 5.32 Å². The van der Waals surface area contributed by atoms with Crippen LogP contribution in [0.3, 0.4) is 0 Å². The third kappa shape index (κ3) is 4.80. The van der Waals surface area contributed by atoms with E-state index in [2.05, 4.69) is 22.3 Å². The number of β-amino-alcohol motifs (C(OH)–C–C–N with tert-alkyl or cyclic N) is 1.